The van der Waals surface area contributed by atoms with Crippen LogP contribution in [-0.4, -0.2) is 59.9 Å². The summed E-state index contributed by atoms with van der Waals surface area (Å²) in [6, 6.07) is 8.99. The van der Waals surface area contributed by atoms with E-state index in [-0.39, 0.29) is 24.7 Å². The van der Waals surface area contributed by atoms with Crippen LogP contribution < -0.4 is 10.6 Å². The number of hydrogen-bond donors (Lipinski definition) is 5. The van der Waals surface area contributed by atoms with E-state index in [1.54, 1.807) is 24.9 Å². The van der Waals surface area contributed by atoms with Gasteiger partial charge in [-0.3, -0.25) is 20.2 Å². The molecule has 2 saturated carbocycles. The molecule has 2 aromatic heterocycles. The summed E-state index contributed by atoms with van der Waals surface area (Å²) in [5.74, 6) is 1.12. The average Bonchev–Trinajstić information content (AvgIpc) is 3.79. The highest BCUT2D eigenvalue weighted by molar-refractivity contribution is 7.99. The predicted molar refractivity (Wildman–Crippen MR) is 174 cm³/mol. The summed E-state index contributed by atoms with van der Waals surface area (Å²) in [5.41, 5.74) is 1.83. The van der Waals surface area contributed by atoms with Crippen LogP contribution in [0.15, 0.2) is 55.2 Å². The minimum atomic E-state index is -0.920. The van der Waals surface area contributed by atoms with Gasteiger partial charge < -0.3 is 15.1 Å². The quantitative estimate of drug-likeness (QED) is 0.149. The fraction of sp³-hybridized carbons (Fsp3) is 0.588. The molecule has 238 valence electrons. The van der Waals surface area contributed by atoms with Crippen LogP contribution in [0.5, 0.6) is 0 Å². The lowest BCUT2D eigenvalue weighted by molar-refractivity contribution is -0.132. The van der Waals surface area contributed by atoms with Crippen LogP contribution in [0.25, 0.3) is 0 Å². The van der Waals surface area contributed by atoms with E-state index in [1.165, 1.54) is 51.4 Å². The van der Waals surface area contributed by atoms with Gasteiger partial charge in [0.15, 0.2) is 0 Å². The molecule has 9 nitrogen and oxygen atoms in total. The van der Waals surface area contributed by atoms with Crippen molar-refractivity contribution in [3.8, 4) is 0 Å². The van der Waals surface area contributed by atoms with E-state index < -0.39 is 24.1 Å². The Bertz CT molecular complexity index is 1240. The number of imidazole rings is 2. The van der Waals surface area contributed by atoms with Gasteiger partial charge in [0.1, 0.15) is 11.9 Å². The molecular weight excluding hydrogens is 572 g/mol. The zero-order chi connectivity index (χ0) is 30.6. The van der Waals surface area contributed by atoms with Gasteiger partial charge in [0.05, 0.1) is 18.1 Å². The minimum absolute atomic E-state index is 0.0218. The highest BCUT2D eigenvalue weighted by atomic mass is 32.2. The van der Waals surface area contributed by atoms with Gasteiger partial charge in [0.25, 0.3) is 0 Å². The largest absolute Gasteiger partial charge is 0.384 e. The van der Waals surface area contributed by atoms with Crippen molar-refractivity contribution in [1.29, 1.82) is 0 Å². The molecule has 0 aliphatic heterocycles. The van der Waals surface area contributed by atoms with Crippen LogP contribution in [0.4, 0.5) is 0 Å². The third kappa shape index (κ3) is 9.78. The first kappa shape index (κ1) is 32.4. The van der Waals surface area contributed by atoms with Gasteiger partial charge in [-0.15, -0.1) is 0 Å². The molecule has 2 aliphatic rings. The van der Waals surface area contributed by atoms with E-state index in [0.29, 0.717) is 29.1 Å². The number of thioether (sulfide) groups is 1. The van der Waals surface area contributed by atoms with E-state index in [4.69, 9.17) is 0 Å². The molecule has 3 aromatic rings. The van der Waals surface area contributed by atoms with E-state index in [2.05, 4.69) is 42.7 Å². The molecule has 0 saturated heterocycles. The van der Waals surface area contributed by atoms with Crippen LogP contribution >= 0.6 is 11.8 Å². The lowest BCUT2D eigenvalue weighted by atomic mass is 9.83. The van der Waals surface area contributed by atoms with Crippen molar-refractivity contribution in [3.05, 3.63) is 72.3 Å². The van der Waals surface area contributed by atoms with Crippen molar-refractivity contribution in [2.24, 2.45) is 5.92 Å². The highest BCUT2D eigenvalue weighted by Gasteiger charge is 2.32. The summed E-state index contributed by atoms with van der Waals surface area (Å²) in [5, 5.41) is 18.2. The monoisotopic (exact) mass is 620 g/mol. The topological polar surface area (TPSA) is 136 Å². The summed E-state index contributed by atoms with van der Waals surface area (Å²) in [4.78, 5) is 41.9. The van der Waals surface area contributed by atoms with E-state index in [9.17, 15) is 14.7 Å². The number of nitrogens with one attached hydrogen (secondary N) is 4. The Morgan fingerprint density at radius 1 is 1.00 bits per heavy atom. The minimum Gasteiger partial charge on any atom is -0.384 e. The normalized spacial score (nSPS) is 19.2. The first-order valence-electron chi connectivity index (χ1n) is 16.5. The maximum Gasteiger partial charge on any atom is 0.244 e. The van der Waals surface area contributed by atoms with Crippen molar-refractivity contribution in [2.45, 2.75) is 113 Å². The first-order chi connectivity index (χ1) is 21.5. The second kappa shape index (κ2) is 16.9. The standard InChI is InChI=1S/C34H48N6O3S/c41-31(19-26(25-12-6-2-7-13-25)22-44-28-14-8-3-9-15-28)40-34(43)30(20-27-21-35-23-38-27)39-29(18-24-10-4-1-5-11-24)32(42)33-36-16-17-37-33/h2,6-7,12-13,16-17,21,23-24,26,28-30,32,39,42H,1,3-5,8-11,14-15,18-20,22H2,(H,35,38)(H,36,37)(H,40,41,43)/t26?,29-,30-,32+/m0/s1. The Kier molecular flexibility index (Phi) is 12.5. The van der Waals surface area contributed by atoms with Gasteiger partial charge in [0.2, 0.25) is 11.8 Å². The van der Waals surface area contributed by atoms with E-state index in [0.717, 1.165) is 24.2 Å². The SMILES string of the molecule is O=C(CC(CSC1CCCCC1)c1ccccc1)NC(=O)[C@H](Cc1c[nH]cn1)N[C@@H](CC1CCCCC1)[C@@H](O)c1ncc[nH]1. The number of aromatic nitrogens is 4. The molecule has 0 spiro atoms. The molecule has 2 aliphatic carbocycles. The van der Waals surface area contributed by atoms with Gasteiger partial charge in [-0.25, -0.2) is 9.97 Å². The average molecular weight is 621 g/mol. The Morgan fingerprint density at radius 3 is 2.43 bits per heavy atom. The van der Waals surface area contributed by atoms with Crippen molar-refractivity contribution < 1.29 is 14.7 Å². The molecular formula is C34H48N6O3S. The summed E-state index contributed by atoms with van der Waals surface area (Å²) in [6.45, 7) is 0. The molecule has 4 atom stereocenters. The van der Waals surface area contributed by atoms with Crippen LogP contribution in [-0.2, 0) is 16.0 Å². The van der Waals surface area contributed by atoms with Crippen LogP contribution in [0, 0.1) is 5.92 Å². The van der Waals surface area contributed by atoms with Gasteiger partial charge in [-0.05, 0) is 30.7 Å². The number of aromatic amines is 2. The maximum absolute atomic E-state index is 13.8. The number of nitrogens with zero attached hydrogens (tertiary/aromatic N) is 2. The molecule has 1 aromatic carbocycles. The molecule has 0 radical (unpaired) electrons. The number of aliphatic hydroxyl groups excluding tert-OH is 1. The zero-order valence-electron chi connectivity index (χ0n) is 25.6. The third-order valence-electron chi connectivity index (χ3n) is 9.24. The van der Waals surface area contributed by atoms with Crippen molar-refractivity contribution in [2.75, 3.05) is 5.75 Å². The van der Waals surface area contributed by atoms with Crippen molar-refractivity contribution >= 4 is 23.6 Å². The molecule has 1 unspecified atom stereocenters. The van der Waals surface area contributed by atoms with Crippen LogP contribution in [0.2, 0.25) is 0 Å². The molecule has 44 heavy (non-hydrogen) atoms. The molecule has 2 fully saturated rings. The number of carbonyl (C=O) groups is 2. The molecule has 10 heteroatoms. The summed E-state index contributed by atoms with van der Waals surface area (Å²) < 4.78 is 0. The van der Waals surface area contributed by atoms with E-state index >= 15 is 0 Å². The van der Waals surface area contributed by atoms with Crippen molar-refractivity contribution in [3.63, 3.8) is 0 Å². The second-order valence-corrected chi connectivity index (χ2v) is 13.9. The first-order valence-corrected chi connectivity index (χ1v) is 17.5. The summed E-state index contributed by atoms with van der Waals surface area (Å²) >= 11 is 1.97. The molecule has 0 bridgehead atoms. The number of hydrogen-bond acceptors (Lipinski definition) is 7. The predicted octanol–water partition coefficient (Wildman–Crippen LogP) is 5.59. The smallest absolute Gasteiger partial charge is 0.244 e. The molecule has 5 rings (SSSR count). The Balaban J connectivity index is 1.27. The summed E-state index contributed by atoms with van der Waals surface area (Å²) in [7, 11) is 0. The third-order valence-corrected chi connectivity index (χ3v) is 10.8. The molecule has 2 amide bonds. The van der Waals surface area contributed by atoms with Gasteiger partial charge in [-0.1, -0.05) is 81.7 Å². The fourth-order valence-electron chi connectivity index (χ4n) is 6.78. The number of benzene rings is 1. The maximum atomic E-state index is 13.8. The Hall–Kier alpha value is -2.95. The Labute approximate surface area is 265 Å². The lowest BCUT2D eigenvalue weighted by Crippen LogP contribution is -2.53. The summed E-state index contributed by atoms with van der Waals surface area (Å²) in [6.07, 6.45) is 19.2. The lowest BCUT2D eigenvalue weighted by Gasteiger charge is -2.32. The van der Waals surface area contributed by atoms with Crippen molar-refractivity contribution in [1.82, 2.24) is 30.6 Å². The molecule has 5 N–H and O–H groups in total. The van der Waals surface area contributed by atoms with Gasteiger partial charge in [0, 0.05) is 54.4 Å². The fourth-order valence-corrected chi connectivity index (χ4v) is 8.26. The van der Waals surface area contributed by atoms with Gasteiger partial charge >= 0.3 is 0 Å². The second-order valence-electron chi connectivity index (χ2n) is 12.6. The molecule has 2 heterocycles. The van der Waals surface area contributed by atoms with Crippen LogP contribution in [0.3, 0.4) is 0 Å². The number of H-pyrrole nitrogens is 2. The van der Waals surface area contributed by atoms with Crippen LogP contribution in [0.1, 0.15) is 106 Å². The number of carbonyl (C=O) groups excluding carboxylic acids is 2. The number of aliphatic hydroxyl groups is 1. The number of rotatable bonds is 15. The zero-order valence-corrected chi connectivity index (χ0v) is 26.4. The Morgan fingerprint density at radius 2 is 1.75 bits per heavy atom. The number of amides is 2. The van der Waals surface area contributed by atoms with Gasteiger partial charge in [-0.2, -0.15) is 11.8 Å². The highest BCUT2D eigenvalue weighted by Crippen LogP contribution is 2.33. The van der Waals surface area contributed by atoms with E-state index in [1.807, 2.05) is 30.0 Å². The number of imide groups is 1.